The number of hydrogen-bond donors (Lipinski definition) is 1. The molecule has 0 aliphatic heterocycles. The molecule has 0 spiro atoms. The van der Waals surface area contributed by atoms with Crippen LogP contribution in [0.15, 0.2) is 24.3 Å². The zero-order valence-electron chi connectivity index (χ0n) is 7.60. The Morgan fingerprint density at radius 3 is 1.94 bits per heavy atom. The summed E-state index contributed by atoms with van der Waals surface area (Å²) >= 11 is 0. The Hall–Kier alpha value is -1.24. The lowest BCUT2D eigenvalue weighted by Gasteiger charge is -2.18. The first-order chi connectivity index (χ1) is 7.15. The minimum absolute atomic E-state index is 0.100. The predicted octanol–water partition coefficient (Wildman–Crippen LogP) is 3.09. The lowest BCUT2D eigenvalue weighted by atomic mass is 10.0. The standard InChI is InChI=1S/C9H6F6O/c10-7(16)8(11,12)5-2-1-3-6(4-5)9(13,14)15/h1-4,7,16H. The third kappa shape index (κ3) is 2.46. The van der Waals surface area contributed by atoms with Crippen molar-refractivity contribution in [2.24, 2.45) is 0 Å². The molecule has 0 bridgehead atoms. The number of aliphatic hydroxyl groups excluding tert-OH is 1. The fourth-order valence-corrected chi connectivity index (χ4v) is 1.04. The third-order valence-corrected chi connectivity index (χ3v) is 1.87. The molecule has 0 aromatic heterocycles. The van der Waals surface area contributed by atoms with Crippen LogP contribution < -0.4 is 0 Å². The Labute approximate surface area is 86.3 Å². The van der Waals surface area contributed by atoms with Gasteiger partial charge in [0.15, 0.2) is 0 Å². The summed E-state index contributed by atoms with van der Waals surface area (Å²) in [5.74, 6) is -4.36. The van der Waals surface area contributed by atoms with Crippen LogP contribution in [0.5, 0.6) is 0 Å². The second kappa shape index (κ2) is 3.97. The first-order valence-corrected chi connectivity index (χ1v) is 4.03. The highest BCUT2D eigenvalue weighted by Crippen LogP contribution is 2.36. The van der Waals surface area contributed by atoms with E-state index in [-0.39, 0.29) is 6.07 Å². The molecular weight excluding hydrogens is 238 g/mol. The molecule has 0 heterocycles. The molecule has 0 amide bonds. The van der Waals surface area contributed by atoms with Crippen molar-refractivity contribution in [1.82, 2.24) is 0 Å². The topological polar surface area (TPSA) is 20.2 Å². The average Bonchev–Trinajstić information content (AvgIpc) is 2.16. The smallest absolute Gasteiger partial charge is 0.359 e. The molecule has 0 radical (unpaired) electrons. The van der Waals surface area contributed by atoms with E-state index in [0.717, 1.165) is 0 Å². The average molecular weight is 244 g/mol. The summed E-state index contributed by atoms with van der Waals surface area (Å²) in [6.07, 6.45) is -8.34. The van der Waals surface area contributed by atoms with Gasteiger partial charge in [-0.05, 0) is 12.1 Å². The van der Waals surface area contributed by atoms with E-state index in [9.17, 15) is 26.3 Å². The number of benzene rings is 1. The van der Waals surface area contributed by atoms with Gasteiger partial charge in [0.2, 0.25) is 0 Å². The molecule has 1 unspecified atom stereocenters. The van der Waals surface area contributed by atoms with Crippen molar-refractivity contribution in [2.45, 2.75) is 18.5 Å². The lowest BCUT2D eigenvalue weighted by molar-refractivity contribution is -0.175. The van der Waals surface area contributed by atoms with Gasteiger partial charge in [0.25, 0.3) is 6.36 Å². The van der Waals surface area contributed by atoms with Crippen LogP contribution in [0.25, 0.3) is 0 Å². The second-order valence-corrected chi connectivity index (χ2v) is 3.04. The number of halogens is 6. The largest absolute Gasteiger partial charge is 0.416 e. The van der Waals surface area contributed by atoms with Crippen molar-refractivity contribution in [3.63, 3.8) is 0 Å². The van der Waals surface area contributed by atoms with E-state index in [1.807, 2.05) is 0 Å². The van der Waals surface area contributed by atoms with Gasteiger partial charge in [0.05, 0.1) is 5.56 Å². The Kier molecular flexibility index (Phi) is 3.18. The highest BCUT2D eigenvalue weighted by molar-refractivity contribution is 5.29. The summed E-state index contributed by atoms with van der Waals surface area (Å²) in [5.41, 5.74) is -2.55. The van der Waals surface area contributed by atoms with Crippen LogP contribution in [-0.2, 0) is 12.1 Å². The van der Waals surface area contributed by atoms with Crippen molar-refractivity contribution in [3.8, 4) is 0 Å². The van der Waals surface area contributed by atoms with Crippen molar-refractivity contribution < 1.29 is 31.4 Å². The van der Waals surface area contributed by atoms with Crippen LogP contribution in [0.1, 0.15) is 11.1 Å². The number of hydrogen-bond acceptors (Lipinski definition) is 1. The van der Waals surface area contributed by atoms with E-state index in [2.05, 4.69) is 0 Å². The predicted molar refractivity (Wildman–Crippen MR) is 42.5 cm³/mol. The van der Waals surface area contributed by atoms with Gasteiger partial charge in [0.1, 0.15) is 0 Å². The lowest BCUT2D eigenvalue weighted by Crippen LogP contribution is -2.27. The van der Waals surface area contributed by atoms with Crippen LogP contribution in [0.4, 0.5) is 26.3 Å². The molecule has 0 saturated carbocycles. The van der Waals surface area contributed by atoms with Crippen molar-refractivity contribution in [3.05, 3.63) is 35.4 Å². The maximum absolute atomic E-state index is 12.9. The van der Waals surface area contributed by atoms with E-state index < -0.39 is 29.6 Å². The minimum atomic E-state index is -4.80. The van der Waals surface area contributed by atoms with E-state index in [0.29, 0.717) is 18.2 Å². The monoisotopic (exact) mass is 244 g/mol. The van der Waals surface area contributed by atoms with Crippen LogP contribution in [0.3, 0.4) is 0 Å². The molecule has 0 aliphatic carbocycles. The van der Waals surface area contributed by atoms with Crippen LogP contribution >= 0.6 is 0 Å². The molecule has 1 nitrogen and oxygen atoms in total. The maximum atomic E-state index is 12.9. The van der Waals surface area contributed by atoms with Gasteiger partial charge < -0.3 is 5.11 Å². The molecule has 0 fully saturated rings. The summed E-state index contributed by atoms with van der Waals surface area (Å²) in [7, 11) is 0. The molecule has 0 aliphatic rings. The fraction of sp³-hybridized carbons (Fsp3) is 0.333. The summed E-state index contributed by atoms with van der Waals surface area (Å²) < 4.78 is 74.3. The van der Waals surface area contributed by atoms with Gasteiger partial charge in [-0.2, -0.15) is 22.0 Å². The highest BCUT2D eigenvalue weighted by atomic mass is 19.4. The van der Waals surface area contributed by atoms with E-state index in [1.165, 1.54) is 0 Å². The number of aliphatic hydroxyl groups is 1. The molecule has 1 atom stereocenters. The Morgan fingerprint density at radius 2 is 1.50 bits per heavy atom. The summed E-state index contributed by atoms with van der Waals surface area (Å²) in [5, 5.41) is 8.13. The van der Waals surface area contributed by atoms with Gasteiger partial charge in [-0.3, -0.25) is 0 Å². The summed E-state index contributed by atoms with van der Waals surface area (Å²) in [6, 6.07) is 2.00. The van der Waals surface area contributed by atoms with Gasteiger partial charge in [0, 0.05) is 5.56 Å². The van der Waals surface area contributed by atoms with Gasteiger partial charge in [-0.1, -0.05) is 12.1 Å². The van der Waals surface area contributed by atoms with Gasteiger partial charge in [-0.25, -0.2) is 4.39 Å². The molecule has 0 saturated heterocycles. The minimum Gasteiger partial charge on any atom is -0.359 e. The van der Waals surface area contributed by atoms with Crippen molar-refractivity contribution in [2.75, 3.05) is 0 Å². The van der Waals surface area contributed by atoms with Crippen molar-refractivity contribution >= 4 is 0 Å². The molecule has 1 rings (SSSR count). The molecule has 1 N–H and O–H groups in total. The third-order valence-electron chi connectivity index (χ3n) is 1.87. The molecule has 90 valence electrons. The van der Waals surface area contributed by atoms with Crippen LogP contribution in [0.2, 0.25) is 0 Å². The summed E-state index contributed by atoms with van der Waals surface area (Å²) in [6.45, 7) is 0. The zero-order valence-corrected chi connectivity index (χ0v) is 7.60. The molecule has 7 heteroatoms. The van der Waals surface area contributed by atoms with Crippen molar-refractivity contribution in [1.29, 1.82) is 0 Å². The zero-order chi connectivity index (χ0) is 12.6. The van der Waals surface area contributed by atoms with Gasteiger partial charge in [-0.15, -0.1) is 0 Å². The Bertz CT molecular complexity index is 371. The molecule has 1 aromatic carbocycles. The first kappa shape index (κ1) is 12.8. The van der Waals surface area contributed by atoms with E-state index >= 15 is 0 Å². The number of alkyl halides is 6. The second-order valence-electron chi connectivity index (χ2n) is 3.04. The fourth-order valence-electron chi connectivity index (χ4n) is 1.04. The molecule has 1 aromatic rings. The molecule has 16 heavy (non-hydrogen) atoms. The highest BCUT2D eigenvalue weighted by Gasteiger charge is 2.42. The van der Waals surface area contributed by atoms with E-state index in [4.69, 9.17) is 5.11 Å². The summed E-state index contributed by atoms with van der Waals surface area (Å²) in [4.78, 5) is 0. The quantitative estimate of drug-likeness (QED) is 0.792. The van der Waals surface area contributed by atoms with Gasteiger partial charge >= 0.3 is 12.1 Å². The number of rotatable bonds is 2. The van der Waals surface area contributed by atoms with Crippen LogP contribution in [0, 0.1) is 0 Å². The SMILES string of the molecule is OC(F)C(F)(F)c1cccc(C(F)(F)F)c1. The molecular formula is C9H6F6O. The Morgan fingerprint density at radius 1 is 1.00 bits per heavy atom. The van der Waals surface area contributed by atoms with Crippen LogP contribution in [-0.4, -0.2) is 11.5 Å². The van der Waals surface area contributed by atoms with E-state index in [1.54, 1.807) is 0 Å². The Balaban J connectivity index is 3.18. The maximum Gasteiger partial charge on any atom is 0.416 e. The normalized spacial score (nSPS) is 14.9. The first-order valence-electron chi connectivity index (χ1n) is 4.03.